The van der Waals surface area contributed by atoms with Gasteiger partial charge in [0.25, 0.3) is 0 Å². The van der Waals surface area contributed by atoms with E-state index in [2.05, 4.69) is 21.0 Å². The summed E-state index contributed by atoms with van der Waals surface area (Å²) >= 11 is 1.61. The van der Waals surface area contributed by atoms with Gasteiger partial charge in [-0.15, -0.1) is 11.8 Å². The summed E-state index contributed by atoms with van der Waals surface area (Å²) < 4.78 is 5.20. The highest BCUT2D eigenvalue weighted by molar-refractivity contribution is 7.98. The fraction of sp³-hybridized carbons (Fsp3) is 0.133. The first-order valence-electron chi connectivity index (χ1n) is 6.38. The van der Waals surface area contributed by atoms with E-state index in [0.29, 0.717) is 5.82 Å². The van der Waals surface area contributed by atoms with Gasteiger partial charge in [-0.3, -0.25) is 0 Å². The monoisotopic (exact) mass is 298 g/mol. The van der Waals surface area contributed by atoms with Crippen molar-refractivity contribution >= 4 is 28.5 Å². The fourth-order valence-electron chi connectivity index (χ4n) is 1.96. The number of pyridine rings is 1. The average Bonchev–Trinajstić information content (AvgIpc) is 2.53. The second-order valence-electron chi connectivity index (χ2n) is 4.43. The van der Waals surface area contributed by atoms with E-state index in [9.17, 15) is 0 Å². The van der Waals surface area contributed by atoms with E-state index < -0.39 is 0 Å². The zero-order chi connectivity index (χ0) is 14.7. The Kier molecular flexibility index (Phi) is 3.87. The molecule has 0 aliphatic rings. The third-order valence-corrected chi connectivity index (χ3v) is 4.06. The lowest BCUT2D eigenvalue weighted by atomic mass is 10.1. The Morgan fingerprint density at radius 3 is 2.90 bits per heavy atom. The lowest BCUT2D eigenvalue weighted by molar-refractivity contribution is 0.415. The van der Waals surface area contributed by atoms with Crippen molar-refractivity contribution in [2.24, 2.45) is 0 Å². The minimum Gasteiger partial charge on any atom is -0.497 e. The number of nitrogens with zero attached hydrogens (tertiary/aromatic N) is 3. The topological polar surface area (TPSA) is 73.9 Å². The molecule has 0 saturated heterocycles. The number of nitrogen functional groups attached to an aromatic ring is 1. The Hall–Kier alpha value is -2.34. The summed E-state index contributed by atoms with van der Waals surface area (Å²) in [5, 5.41) is 1.96. The summed E-state index contributed by atoms with van der Waals surface area (Å²) in [5.74, 6) is 2.03. The van der Waals surface area contributed by atoms with Gasteiger partial charge < -0.3 is 10.5 Å². The lowest BCUT2D eigenvalue weighted by Crippen LogP contribution is -1.98. The molecule has 0 unspecified atom stereocenters. The smallest absolute Gasteiger partial charge is 0.128 e. The van der Waals surface area contributed by atoms with Crippen LogP contribution in [0.25, 0.3) is 10.9 Å². The van der Waals surface area contributed by atoms with Crippen molar-refractivity contribution in [2.45, 2.75) is 10.8 Å². The van der Waals surface area contributed by atoms with E-state index in [1.54, 1.807) is 25.1 Å². The number of thioether (sulfide) groups is 1. The summed E-state index contributed by atoms with van der Waals surface area (Å²) in [4.78, 5) is 12.5. The normalized spacial score (nSPS) is 10.7. The zero-order valence-electron chi connectivity index (χ0n) is 11.5. The SMILES string of the molecule is COc1ccc2cc(CSc3ccncn3)c(N)nc2c1. The average molecular weight is 298 g/mol. The number of nitrogens with two attached hydrogens (primary N) is 1. The van der Waals surface area contributed by atoms with E-state index >= 15 is 0 Å². The maximum atomic E-state index is 6.04. The van der Waals surface area contributed by atoms with Gasteiger partial charge in [0, 0.05) is 29.0 Å². The molecule has 0 amide bonds. The third kappa shape index (κ3) is 3.05. The maximum absolute atomic E-state index is 6.04. The van der Waals surface area contributed by atoms with Crippen molar-refractivity contribution in [3.63, 3.8) is 0 Å². The molecule has 21 heavy (non-hydrogen) atoms. The van der Waals surface area contributed by atoms with Crippen LogP contribution in [0.4, 0.5) is 5.82 Å². The molecule has 5 nitrogen and oxygen atoms in total. The second kappa shape index (κ2) is 5.97. The molecule has 0 saturated carbocycles. The molecule has 0 atom stereocenters. The predicted molar refractivity (Wildman–Crippen MR) is 84.3 cm³/mol. The number of fused-ring (bicyclic) bond motifs is 1. The maximum Gasteiger partial charge on any atom is 0.128 e. The minimum atomic E-state index is 0.539. The molecule has 0 fully saturated rings. The third-order valence-electron chi connectivity index (χ3n) is 3.07. The molecule has 2 N–H and O–H groups in total. The molecule has 0 aliphatic heterocycles. The van der Waals surface area contributed by atoms with Gasteiger partial charge in [-0.1, -0.05) is 0 Å². The van der Waals surface area contributed by atoms with Gasteiger partial charge in [0.05, 0.1) is 17.7 Å². The number of aromatic nitrogens is 3. The molecule has 1 aromatic carbocycles. The molecule has 0 bridgehead atoms. The highest BCUT2D eigenvalue weighted by Gasteiger charge is 2.06. The molecule has 3 aromatic rings. The Morgan fingerprint density at radius 1 is 1.24 bits per heavy atom. The molecular formula is C15H14N4OS. The molecule has 2 aromatic heterocycles. The molecule has 0 radical (unpaired) electrons. The highest BCUT2D eigenvalue weighted by Crippen LogP contribution is 2.27. The predicted octanol–water partition coefficient (Wildman–Crippen LogP) is 2.91. The summed E-state index contributed by atoms with van der Waals surface area (Å²) in [5.41, 5.74) is 7.88. The van der Waals surface area contributed by atoms with Gasteiger partial charge in [0.1, 0.15) is 17.9 Å². The van der Waals surface area contributed by atoms with Crippen LogP contribution in [0.5, 0.6) is 5.75 Å². The van der Waals surface area contributed by atoms with Gasteiger partial charge in [0.2, 0.25) is 0 Å². The summed E-state index contributed by atoms with van der Waals surface area (Å²) in [6, 6.07) is 9.72. The van der Waals surface area contributed by atoms with Crippen molar-refractivity contribution in [3.05, 3.63) is 48.4 Å². The molecule has 3 rings (SSSR count). The van der Waals surface area contributed by atoms with Gasteiger partial charge >= 0.3 is 0 Å². The molecule has 106 valence electrons. The van der Waals surface area contributed by atoms with E-state index in [1.807, 2.05) is 24.3 Å². The Morgan fingerprint density at radius 2 is 2.14 bits per heavy atom. The van der Waals surface area contributed by atoms with Crippen molar-refractivity contribution < 1.29 is 4.74 Å². The number of hydrogen-bond acceptors (Lipinski definition) is 6. The number of rotatable bonds is 4. The molecule has 0 spiro atoms. The molecule has 6 heteroatoms. The van der Waals surface area contributed by atoms with Gasteiger partial charge in [-0.05, 0) is 24.3 Å². The number of methoxy groups -OCH3 is 1. The quantitative estimate of drug-likeness (QED) is 0.589. The van der Waals surface area contributed by atoms with E-state index in [1.165, 1.54) is 6.33 Å². The lowest BCUT2D eigenvalue weighted by Gasteiger charge is -2.08. The molecule has 2 heterocycles. The van der Waals surface area contributed by atoms with E-state index in [-0.39, 0.29) is 0 Å². The summed E-state index contributed by atoms with van der Waals surface area (Å²) in [6.07, 6.45) is 3.26. The van der Waals surface area contributed by atoms with Gasteiger partial charge in [-0.25, -0.2) is 15.0 Å². The summed E-state index contributed by atoms with van der Waals surface area (Å²) in [7, 11) is 1.64. The van der Waals surface area contributed by atoms with Crippen LogP contribution >= 0.6 is 11.8 Å². The Labute approximate surface area is 126 Å². The summed E-state index contributed by atoms with van der Waals surface area (Å²) in [6.45, 7) is 0. The molecule has 0 aliphatic carbocycles. The van der Waals surface area contributed by atoms with Crippen molar-refractivity contribution in [2.75, 3.05) is 12.8 Å². The first-order valence-corrected chi connectivity index (χ1v) is 7.37. The van der Waals surface area contributed by atoms with Crippen LogP contribution in [0.1, 0.15) is 5.56 Å². The minimum absolute atomic E-state index is 0.539. The van der Waals surface area contributed by atoms with E-state index in [4.69, 9.17) is 10.5 Å². The zero-order valence-corrected chi connectivity index (χ0v) is 12.3. The van der Waals surface area contributed by atoms with Crippen molar-refractivity contribution in [3.8, 4) is 5.75 Å². The van der Waals surface area contributed by atoms with Crippen LogP contribution in [0.3, 0.4) is 0 Å². The number of ether oxygens (including phenoxy) is 1. The van der Waals surface area contributed by atoms with Crippen LogP contribution in [0.15, 0.2) is 47.9 Å². The van der Waals surface area contributed by atoms with Crippen molar-refractivity contribution in [1.82, 2.24) is 15.0 Å². The Balaban J connectivity index is 1.87. The van der Waals surface area contributed by atoms with Crippen LogP contribution in [0.2, 0.25) is 0 Å². The van der Waals surface area contributed by atoms with Gasteiger partial charge in [-0.2, -0.15) is 0 Å². The molecular weight excluding hydrogens is 284 g/mol. The van der Waals surface area contributed by atoms with Crippen LogP contribution in [-0.2, 0) is 5.75 Å². The second-order valence-corrected chi connectivity index (χ2v) is 5.42. The standard InChI is InChI=1S/C15H14N4OS/c1-20-12-3-2-10-6-11(15(16)19-13(10)7-12)8-21-14-4-5-17-9-18-14/h2-7,9H,8H2,1H3,(H2,16,19). The largest absolute Gasteiger partial charge is 0.497 e. The number of hydrogen-bond donors (Lipinski definition) is 1. The van der Waals surface area contributed by atoms with Crippen LogP contribution in [0, 0.1) is 0 Å². The van der Waals surface area contributed by atoms with E-state index in [0.717, 1.165) is 33.0 Å². The Bertz CT molecular complexity index is 764. The fourth-order valence-corrected chi connectivity index (χ4v) is 2.78. The number of benzene rings is 1. The van der Waals surface area contributed by atoms with Crippen LogP contribution < -0.4 is 10.5 Å². The number of anilines is 1. The first kappa shape index (κ1) is 13.6. The first-order chi connectivity index (χ1) is 10.3. The van der Waals surface area contributed by atoms with Crippen molar-refractivity contribution in [1.29, 1.82) is 0 Å². The highest BCUT2D eigenvalue weighted by atomic mass is 32.2. The van der Waals surface area contributed by atoms with Gasteiger partial charge in [0.15, 0.2) is 0 Å². The van der Waals surface area contributed by atoms with Crippen LogP contribution in [-0.4, -0.2) is 22.1 Å².